The second-order valence-electron chi connectivity index (χ2n) is 10.5. The number of benzene rings is 4. The molecule has 0 aliphatic carbocycles. The molecule has 0 fully saturated rings. The normalized spacial score (nSPS) is 10.9. The second-order valence-corrected chi connectivity index (χ2v) is 10.5. The van der Waals surface area contributed by atoms with Gasteiger partial charge in [-0.2, -0.15) is 0 Å². The van der Waals surface area contributed by atoms with Gasteiger partial charge in [0.1, 0.15) is 5.82 Å². The van der Waals surface area contributed by atoms with Crippen molar-refractivity contribution < 1.29 is 4.39 Å². The molecule has 4 rings (SSSR count). The Morgan fingerprint density at radius 3 is 1.76 bits per heavy atom. The number of rotatable bonds is 12. The van der Waals surface area contributed by atoms with E-state index < -0.39 is 0 Å². The third-order valence-electron chi connectivity index (χ3n) is 7.43. The van der Waals surface area contributed by atoms with Crippen molar-refractivity contribution in [2.75, 3.05) is 0 Å². The molecule has 0 aliphatic heterocycles. The molecule has 0 unspecified atom stereocenters. The van der Waals surface area contributed by atoms with Crippen LogP contribution in [0.4, 0.5) is 4.39 Å². The lowest BCUT2D eigenvalue weighted by atomic mass is 9.98. The minimum absolute atomic E-state index is 0.104. The Morgan fingerprint density at radius 2 is 1.08 bits per heavy atom. The Kier molecular flexibility index (Phi) is 10.6. The summed E-state index contributed by atoms with van der Waals surface area (Å²) in [5.74, 6) is 6.41. The molecule has 0 spiro atoms. The highest BCUT2D eigenvalue weighted by Crippen LogP contribution is 2.24. The van der Waals surface area contributed by atoms with E-state index in [0.29, 0.717) is 11.8 Å². The summed E-state index contributed by atoms with van der Waals surface area (Å²) < 4.78 is 15.3. The van der Waals surface area contributed by atoms with E-state index in [1.165, 1.54) is 61.6 Å². The Bertz CT molecular complexity index is 1350. The Morgan fingerprint density at radius 1 is 0.526 bits per heavy atom. The van der Waals surface area contributed by atoms with Gasteiger partial charge in [-0.05, 0) is 90.4 Å². The minimum Gasteiger partial charge on any atom is -0.206 e. The van der Waals surface area contributed by atoms with Gasteiger partial charge in [0.15, 0.2) is 0 Å². The van der Waals surface area contributed by atoms with Gasteiger partial charge in [0, 0.05) is 16.5 Å². The minimum atomic E-state index is -0.104. The van der Waals surface area contributed by atoms with E-state index in [4.69, 9.17) is 0 Å². The Hall–Kier alpha value is -3.37. The summed E-state index contributed by atoms with van der Waals surface area (Å²) in [5, 5.41) is 1.57. The van der Waals surface area contributed by atoms with Crippen molar-refractivity contribution >= 4 is 10.8 Å². The third kappa shape index (κ3) is 8.06. The fourth-order valence-corrected chi connectivity index (χ4v) is 4.99. The standard InChI is InChI=1S/C37H41F/c1-3-5-7-9-11-30-14-18-32(19-15-30)22-24-34-25-26-35-28-33(23-27-36(35)37(34)38)21-20-31-16-12-29(13-17-31)10-8-6-4-2/h12-19,23,25-28H,3-11,22,24H2,1-2H3. The summed E-state index contributed by atoms with van der Waals surface area (Å²) in [4.78, 5) is 0. The number of halogens is 1. The van der Waals surface area contributed by atoms with Gasteiger partial charge in [-0.15, -0.1) is 0 Å². The van der Waals surface area contributed by atoms with Gasteiger partial charge in [0.25, 0.3) is 0 Å². The van der Waals surface area contributed by atoms with Crippen molar-refractivity contribution in [3.8, 4) is 11.8 Å². The molecule has 0 aliphatic rings. The number of unbranched alkanes of at least 4 members (excludes halogenated alkanes) is 5. The number of hydrogen-bond acceptors (Lipinski definition) is 0. The van der Waals surface area contributed by atoms with Crippen LogP contribution in [-0.2, 0) is 25.7 Å². The smallest absolute Gasteiger partial charge is 0.134 e. The van der Waals surface area contributed by atoms with Crippen LogP contribution in [0.25, 0.3) is 10.8 Å². The molecule has 196 valence electrons. The predicted octanol–water partition coefficient (Wildman–Crippen LogP) is 10.0. The van der Waals surface area contributed by atoms with Crippen molar-refractivity contribution in [2.45, 2.75) is 84.5 Å². The monoisotopic (exact) mass is 504 g/mol. The van der Waals surface area contributed by atoms with Crippen LogP contribution in [0.2, 0.25) is 0 Å². The second kappa shape index (κ2) is 14.5. The third-order valence-corrected chi connectivity index (χ3v) is 7.43. The number of aryl methyl sites for hydroxylation is 4. The van der Waals surface area contributed by atoms with Gasteiger partial charge in [0.05, 0.1) is 0 Å². The molecule has 0 saturated heterocycles. The molecule has 4 aromatic rings. The van der Waals surface area contributed by atoms with Gasteiger partial charge in [0.2, 0.25) is 0 Å². The van der Waals surface area contributed by atoms with Crippen LogP contribution in [0.5, 0.6) is 0 Å². The van der Waals surface area contributed by atoms with Crippen LogP contribution in [0.15, 0.2) is 78.9 Å². The molecular weight excluding hydrogens is 463 g/mol. The summed E-state index contributed by atoms with van der Waals surface area (Å²) in [6.07, 6.45) is 12.7. The lowest BCUT2D eigenvalue weighted by molar-refractivity contribution is 0.620. The zero-order chi connectivity index (χ0) is 26.6. The molecule has 0 amide bonds. The van der Waals surface area contributed by atoms with E-state index in [-0.39, 0.29) is 5.82 Å². The fourth-order valence-electron chi connectivity index (χ4n) is 4.99. The molecular formula is C37H41F. The summed E-state index contributed by atoms with van der Waals surface area (Å²) in [6.45, 7) is 4.48. The van der Waals surface area contributed by atoms with Crippen LogP contribution in [-0.4, -0.2) is 0 Å². The maximum absolute atomic E-state index is 15.3. The van der Waals surface area contributed by atoms with E-state index in [2.05, 4.69) is 74.2 Å². The van der Waals surface area contributed by atoms with Gasteiger partial charge < -0.3 is 0 Å². The SMILES string of the molecule is CCCCCCc1ccc(CCc2ccc3cc(C#Cc4ccc(CCCCC)cc4)ccc3c2F)cc1. The van der Waals surface area contributed by atoms with Gasteiger partial charge in [-0.1, -0.05) is 112 Å². The van der Waals surface area contributed by atoms with E-state index in [1.807, 2.05) is 30.3 Å². The molecule has 4 aromatic carbocycles. The molecule has 0 heterocycles. The topological polar surface area (TPSA) is 0 Å². The summed E-state index contributed by atoms with van der Waals surface area (Å²) in [6, 6.07) is 27.2. The van der Waals surface area contributed by atoms with Gasteiger partial charge >= 0.3 is 0 Å². The van der Waals surface area contributed by atoms with Crippen LogP contribution in [0.3, 0.4) is 0 Å². The number of hydrogen-bond donors (Lipinski definition) is 0. The van der Waals surface area contributed by atoms with Crippen molar-refractivity contribution in [1.82, 2.24) is 0 Å². The fraction of sp³-hybridized carbons (Fsp3) is 0.351. The largest absolute Gasteiger partial charge is 0.206 e. The Labute approximate surface area is 229 Å². The highest BCUT2D eigenvalue weighted by Gasteiger charge is 2.08. The molecule has 0 nitrogen and oxygen atoms in total. The summed E-state index contributed by atoms with van der Waals surface area (Å²) >= 11 is 0. The van der Waals surface area contributed by atoms with E-state index >= 15 is 4.39 Å². The van der Waals surface area contributed by atoms with Crippen molar-refractivity contribution in [3.05, 3.63) is 118 Å². The zero-order valence-electron chi connectivity index (χ0n) is 23.2. The molecule has 0 bridgehead atoms. The van der Waals surface area contributed by atoms with E-state index in [9.17, 15) is 0 Å². The lowest BCUT2D eigenvalue weighted by Gasteiger charge is -2.08. The molecule has 0 N–H and O–H groups in total. The maximum atomic E-state index is 15.3. The summed E-state index contributed by atoms with van der Waals surface area (Å²) in [5.41, 5.74) is 6.73. The molecule has 1 heteroatoms. The maximum Gasteiger partial charge on any atom is 0.134 e. The van der Waals surface area contributed by atoms with E-state index in [0.717, 1.165) is 41.3 Å². The van der Waals surface area contributed by atoms with Gasteiger partial charge in [-0.3, -0.25) is 0 Å². The molecule has 0 saturated carbocycles. The molecule has 0 radical (unpaired) electrons. The van der Waals surface area contributed by atoms with Crippen LogP contribution >= 0.6 is 0 Å². The highest BCUT2D eigenvalue weighted by atomic mass is 19.1. The molecule has 0 atom stereocenters. The average Bonchev–Trinajstić information content (AvgIpc) is 2.95. The average molecular weight is 505 g/mol. The lowest BCUT2D eigenvalue weighted by Crippen LogP contribution is -1.96. The predicted molar refractivity (Wildman–Crippen MR) is 161 cm³/mol. The van der Waals surface area contributed by atoms with Gasteiger partial charge in [-0.25, -0.2) is 4.39 Å². The molecule has 38 heavy (non-hydrogen) atoms. The highest BCUT2D eigenvalue weighted by molar-refractivity contribution is 5.85. The van der Waals surface area contributed by atoms with E-state index in [1.54, 1.807) is 0 Å². The summed E-state index contributed by atoms with van der Waals surface area (Å²) in [7, 11) is 0. The van der Waals surface area contributed by atoms with Crippen LogP contribution < -0.4 is 0 Å². The Balaban J connectivity index is 1.36. The van der Waals surface area contributed by atoms with Crippen molar-refractivity contribution in [3.63, 3.8) is 0 Å². The van der Waals surface area contributed by atoms with Crippen LogP contribution in [0, 0.1) is 17.7 Å². The van der Waals surface area contributed by atoms with Crippen molar-refractivity contribution in [1.29, 1.82) is 0 Å². The first-order valence-corrected chi connectivity index (χ1v) is 14.6. The van der Waals surface area contributed by atoms with Crippen LogP contribution in [0.1, 0.15) is 92.2 Å². The first-order chi connectivity index (χ1) is 18.7. The first-order valence-electron chi connectivity index (χ1n) is 14.6. The first kappa shape index (κ1) is 27.7. The quantitative estimate of drug-likeness (QED) is 0.133. The number of fused-ring (bicyclic) bond motifs is 1. The molecule has 0 aromatic heterocycles. The zero-order valence-corrected chi connectivity index (χ0v) is 23.2. The van der Waals surface area contributed by atoms with Crippen molar-refractivity contribution in [2.24, 2.45) is 0 Å².